The van der Waals surface area contributed by atoms with Gasteiger partial charge in [-0.1, -0.05) is 12.1 Å². The lowest BCUT2D eigenvalue weighted by Crippen LogP contribution is -2.50. The number of rotatable bonds is 11. The van der Waals surface area contributed by atoms with Crippen LogP contribution in [0.4, 0.5) is 5.69 Å². The summed E-state index contributed by atoms with van der Waals surface area (Å²) in [7, 11) is -5.75. The van der Waals surface area contributed by atoms with Gasteiger partial charge in [-0.05, 0) is 47.8 Å². The number of hydrogen-bond acceptors (Lipinski definition) is 9. The van der Waals surface area contributed by atoms with Crippen LogP contribution in [0.25, 0.3) is 0 Å². The first-order valence-corrected chi connectivity index (χ1v) is 15.3. The quantitative estimate of drug-likeness (QED) is 0.362. The van der Waals surface area contributed by atoms with E-state index in [1.165, 1.54) is 29.6 Å². The highest BCUT2D eigenvalue weighted by atomic mass is 32.2. The molecule has 1 atom stereocenters. The number of sulfonamides is 2. The van der Waals surface area contributed by atoms with Crippen molar-refractivity contribution in [3.63, 3.8) is 0 Å². The van der Waals surface area contributed by atoms with Gasteiger partial charge >= 0.3 is 0 Å². The third-order valence-corrected chi connectivity index (χ3v) is 10.5. The van der Waals surface area contributed by atoms with Gasteiger partial charge in [-0.25, -0.2) is 16.8 Å². The Hall–Kier alpha value is -2.68. The number of β-amino-alcohol motifs (C(OH)–C–C–N with tert-alkyl or cyclic N) is 1. The largest absolute Gasteiger partial charge is 0.497 e. The van der Waals surface area contributed by atoms with Crippen LogP contribution in [-0.4, -0.2) is 83.7 Å². The maximum atomic E-state index is 12.9. The zero-order valence-electron chi connectivity index (χ0n) is 20.2. The fourth-order valence-corrected chi connectivity index (χ4v) is 7.33. The van der Waals surface area contributed by atoms with Crippen molar-refractivity contribution >= 4 is 37.1 Å². The van der Waals surface area contributed by atoms with Crippen LogP contribution < -0.4 is 14.2 Å². The van der Waals surface area contributed by atoms with Gasteiger partial charge in [0.25, 0.3) is 10.0 Å². The van der Waals surface area contributed by atoms with Crippen LogP contribution in [0.2, 0.25) is 0 Å². The van der Waals surface area contributed by atoms with E-state index in [-0.39, 0.29) is 15.7 Å². The van der Waals surface area contributed by atoms with Crippen LogP contribution in [0.15, 0.2) is 75.1 Å². The molecule has 1 aromatic heterocycles. The predicted molar refractivity (Wildman–Crippen MR) is 141 cm³/mol. The summed E-state index contributed by atoms with van der Waals surface area (Å²) in [6.07, 6.45) is -0.809. The third kappa shape index (κ3) is 7.00. The van der Waals surface area contributed by atoms with E-state index in [0.717, 1.165) is 11.3 Å². The SMILES string of the molecule is COc1ccc(S(=O)(=O)N2CCN(C[C@H](O)COc3cccc(NS(=O)(=O)c4cccs4)c3)CC2)cc1. The number of methoxy groups -OCH3 is 1. The van der Waals surface area contributed by atoms with Crippen molar-refractivity contribution in [1.82, 2.24) is 9.21 Å². The zero-order valence-corrected chi connectivity index (χ0v) is 22.6. The van der Waals surface area contributed by atoms with Crippen LogP contribution in [0, 0.1) is 0 Å². The maximum Gasteiger partial charge on any atom is 0.271 e. The fourth-order valence-electron chi connectivity index (χ4n) is 3.86. The summed E-state index contributed by atoms with van der Waals surface area (Å²) < 4.78 is 65.6. The first-order valence-electron chi connectivity index (χ1n) is 11.5. The predicted octanol–water partition coefficient (Wildman–Crippen LogP) is 2.30. The summed E-state index contributed by atoms with van der Waals surface area (Å²) in [6, 6.07) is 16.0. The molecule has 13 heteroatoms. The zero-order chi connectivity index (χ0) is 26.5. The van der Waals surface area contributed by atoms with E-state index in [2.05, 4.69) is 4.72 Å². The number of ether oxygens (including phenoxy) is 2. The van der Waals surface area contributed by atoms with Gasteiger partial charge in [0.2, 0.25) is 10.0 Å². The minimum absolute atomic E-state index is 0.00545. The molecule has 0 bridgehead atoms. The maximum absolute atomic E-state index is 12.9. The van der Waals surface area contributed by atoms with Crippen molar-refractivity contribution in [3.05, 3.63) is 66.0 Å². The first kappa shape index (κ1) is 27.4. The molecule has 3 aromatic rings. The molecule has 0 saturated carbocycles. The molecule has 1 fully saturated rings. The molecule has 2 N–H and O–H groups in total. The van der Waals surface area contributed by atoms with Gasteiger partial charge in [0.05, 0.1) is 17.7 Å². The number of piperazine rings is 1. The molecule has 0 spiro atoms. The van der Waals surface area contributed by atoms with Gasteiger partial charge < -0.3 is 14.6 Å². The number of thiophene rings is 1. The molecular weight excluding hydrogens is 538 g/mol. The van der Waals surface area contributed by atoms with Crippen LogP contribution in [0.5, 0.6) is 11.5 Å². The van der Waals surface area contributed by atoms with E-state index in [4.69, 9.17) is 9.47 Å². The number of aliphatic hydroxyl groups excluding tert-OH is 1. The Morgan fingerprint density at radius 1 is 0.973 bits per heavy atom. The normalized spacial score (nSPS) is 16.3. The van der Waals surface area contributed by atoms with Gasteiger partial charge in [0, 0.05) is 38.8 Å². The highest BCUT2D eigenvalue weighted by molar-refractivity contribution is 7.94. The lowest BCUT2D eigenvalue weighted by atomic mass is 10.3. The van der Waals surface area contributed by atoms with Gasteiger partial charge in [-0.2, -0.15) is 4.31 Å². The molecule has 1 aliphatic heterocycles. The second-order valence-electron chi connectivity index (χ2n) is 8.41. The smallest absolute Gasteiger partial charge is 0.271 e. The Bertz CT molecular complexity index is 1370. The van der Waals surface area contributed by atoms with E-state index in [1.807, 2.05) is 4.90 Å². The summed E-state index contributed by atoms with van der Waals surface area (Å²) in [6.45, 7) is 1.91. The first-order chi connectivity index (χ1) is 17.7. The van der Waals surface area contributed by atoms with E-state index in [1.54, 1.807) is 47.8 Å². The third-order valence-electron chi connectivity index (χ3n) is 5.79. The average molecular weight is 568 g/mol. The van der Waals surface area contributed by atoms with Crippen molar-refractivity contribution in [2.75, 3.05) is 51.2 Å². The summed E-state index contributed by atoms with van der Waals surface area (Å²) in [5, 5.41) is 12.2. The number of nitrogens with one attached hydrogen (secondary N) is 1. The molecule has 0 unspecified atom stereocenters. The van der Waals surface area contributed by atoms with E-state index >= 15 is 0 Å². The molecule has 37 heavy (non-hydrogen) atoms. The summed E-state index contributed by atoms with van der Waals surface area (Å²) >= 11 is 1.13. The summed E-state index contributed by atoms with van der Waals surface area (Å²) in [5.74, 6) is 1.01. The monoisotopic (exact) mass is 567 g/mol. The number of benzene rings is 2. The number of anilines is 1. The Labute approximate surface area is 221 Å². The second-order valence-corrected chi connectivity index (χ2v) is 13.2. The molecule has 0 amide bonds. The highest BCUT2D eigenvalue weighted by Crippen LogP contribution is 2.24. The number of hydrogen-bond donors (Lipinski definition) is 2. The van der Waals surface area contributed by atoms with E-state index in [0.29, 0.717) is 49.9 Å². The number of aliphatic hydroxyl groups is 1. The highest BCUT2D eigenvalue weighted by Gasteiger charge is 2.29. The minimum Gasteiger partial charge on any atom is -0.497 e. The molecule has 1 aliphatic rings. The van der Waals surface area contributed by atoms with Crippen LogP contribution in [-0.2, 0) is 20.0 Å². The molecule has 2 heterocycles. The van der Waals surface area contributed by atoms with Crippen LogP contribution in [0.1, 0.15) is 0 Å². The van der Waals surface area contributed by atoms with E-state index in [9.17, 15) is 21.9 Å². The Kier molecular flexibility index (Phi) is 8.72. The molecule has 200 valence electrons. The van der Waals surface area contributed by atoms with Gasteiger partial charge in [-0.15, -0.1) is 11.3 Å². The summed E-state index contributed by atoms with van der Waals surface area (Å²) in [4.78, 5) is 2.20. The topological polar surface area (TPSA) is 125 Å². The van der Waals surface area contributed by atoms with Crippen LogP contribution >= 0.6 is 11.3 Å². The van der Waals surface area contributed by atoms with Gasteiger partial charge in [-0.3, -0.25) is 9.62 Å². The minimum atomic E-state index is -3.67. The van der Waals surface area contributed by atoms with Crippen molar-refractivity contribution in [3.8, 4) is 11.5 Å². The molecule has 0 aliphatic carbocycles. The lowest BCUT2D eigenvalue weighted by Gasteiger charge is -2.34. The summed E-state index contributed by atoms with van der Waals surface area (Å²) in [5.41, 5.74) is 0.356. The second kappa shape index (κ2) is 11.8. The molecule has 4 rings (SSSR count). The fraction of sp³-hybridized carbons (Fsp3) is 0.333. The van der Waals surface area contributed by atoms with Gasteiger partial charge in [0.15, 0.2) is 0 Å². The Balaban J connectivity index is 1.25. The number of nitrogens with zero attached hydrogens (tertiary/aromatic N) is 2. The molecule has 1 saturated heterocycles. The van der Waals surface area contributed by atoms with Crippen molar-refractivity contribution in [2.45, 2.75) is 15.2 Å². The molecule has 2 aromatic carbocycles. The Morgan fingerprint density at radius 2 is 1.70 bits per heavy atom. The van der Waals surface area contributed by atoms with Crippen LogP contribution in [0.3, 0.4) is 0 Å². The Morgan fingerprint density at radius 3 is 2.35 bits per heavy atom. The van der Waals surface area contributed by atoms with Crippen molar-refractivity contribution < 1.29 is 31.4 Å². The van der Waals surface area contributed by atoms with Crippen molar-refractivity contribution in [2.24, 2.45) is 0 Å². The van der Waals surface area contributed by atoms with E-state index < -0.39 is 26.2 Å². The lowest BCUT2D eigenvalue weighted by molar-refractivity contribution is 0.0569. The standard InChI is InChI=1S/C24H29N3O7S3/c1-33-21-7-9-23(10-8-21)37(31,32)27-13-11-26(12-14-27)17-20(28)18-34-22-5-2-4-19(16-22)25-36(29,30)24-6-3-15-35-24/h2-10,15-16,20,25,28H,11-14,17-18H2,1H3/t20-/m0/s1. The molecular formula is C24H29N3O7S3. The van der Waals surface area contributed by atoms with Crippen molar-refractivity contribution in [1.29, 1.82) is 0 Å². The average Bonchev–Trinajstić information content (AvgIpc) is 3.44. The molecule has 0 radical (unpaired) electrons. The van der Waals surface area contributed by atoms with Gasteiger partial charge in [0.1, 0.15) is 28.4 Å². The molecule has 10 nitrogen and oxygen atoms in total.